The van der Waals surface area contributed by atoms with E-state index in [1.807, 2.05) is 6.92 Å². The van der Waals surface area contributed by atoms with E-state index in [-0.39, 0.29) is 18.9 Å². The van der Waals surface area contributed by atoms with E-state index >= 15 is 0 Å². The highest BCUT2D eigenvalue weighted by atomic mass is 19.4. The lowest BCUT2D eigenvalue weighted by molar-refractivity contribution is -0.169. The molecule has 0 saturated carbocycles. The number of carbonyl (C=O) groups excluding carboxylic acids is 1. The van der Waals surface area contributed by atoms with E-state index in [0.717, 1.165) is 4.90 Å². The number of piperidine rings is 1. The topological polar surface area (TPSA) is 57.6 Å². The van der Waals surface area contributed by atoms with Gasteiger partial charge in [0.2, 0.25) is 5.91 Å². The molecule has 0 aliphatic carbocycles. The SMILES string of the molecule is CC1CCN(C(=O)CC(F)(F)F)C(C(=O)O)C1. The Morgan fingerprint density at radius 3 is 2.47 bits per heavy atom. The normalized spacial score (nSPS) is 25.8. The third-order valence-corrected chi connectivity index (χ3v) is 2.82. The Kier molecular flexibility index (Phi) is 4.00. The van der Waals surface area contributed by atoms with Crippen molar-refractivity contribution >= 4 is 11.9 Å². The summed E-state index contributed by atoms with van der Waals surface area (Å²) in [5.74, 6) is -2.30. The van der Waals surface area contributed by atoms with Crippen LogP contribution in [-0.4, -0.2) is 40.6 Å². The standard InChI is InChI=1S/C10H14F3NO3/c1-6-2-3-14(7(4-6)9(16)17)8(15)5-10(11,12)13/h6-7H,2-5H2,1H3,(H,16,17). The zero-order valence-corrected chi connectivity index (χ0v) is 9.33. The van der Waals surface area contributed by atoms with Crippen LogP contribution >= 0.6 is 0 Å². The lowest BCUT2D eigenvalue weighted by Gasteiger charge is -2.36. The van der Waals surface area contributed by atoms with Crippen LogP contribution in [0.2, 0.25) is 0 Å². The van der Waals surface area contributed by atoms with E-state index in [9.17, 15) is 22.8 Å². The van der Waals surface area contributed by atoms with Crippen LogP contribution in [0, 0.1) is 5.92 Å². The molecule has 0 spiro atoms. The van der Waals surface area contributed by atoms with E-state index in [2.05, 4.69) is 0 Å². The van der Waals surface area contributed by atoms with Crippen LogP contribution in [0.15, 0.2) is 0 Å². The molecule has 1 aliphatic heterocycles. The summed E-state index contributed by atoms with van der Waals surface area (Å²) in [4.78, 5) is 23.1. The van der Waals surface area contributed by atoms with Gasteiger partial charge in [0.25, 0.3) is 0 Å². The molecular weight excluding hydrogens is 239 g/mol. The largest absolute Gasteiger partial charge is 0.480 e. The van der Waals surface area contributed by atoms with Gasteiger partial charge in [-0.2, -0.15) is 13.2 Å². The van der Waals surface area contributed by atoms with Crippen LogP contribution in [0.1, 0.15) is 26.2 Å². The molecule has 1 fully saturated rings. The maximum atomic E-state index is 12.1. The smallest absolute Gasteiger partial charge is 0.397 e. The molecule has 98 valence electrons. The molecule has 7 heteroatoms. The van der Waals surface area contributed by atoms with Crippen molar-refractivity contribution < 1.29 is 27.9 Å². The second-order valence-electron chi connectivity index (χ2n) is 4.36. The van der Waals surface area contributed by atoms with Crippen LogP contribution in [0.5, 0.6) is 0 Å². The minimum absolute atomic E-state index is 0.0764. The van der Waals surface area contributed by atoms with Gasteiger partial charge in [-0.25, -0.2) is 4.79 Å². The van der Waals surface area contributed by atoms with Crippen LogP contribution in [0.3, 0.4) is 0 Å². The number of hydrogen-bond acceptors (Lipinski definition) is 2. The molecule has 0 bridgehead atoms. The van der Waals surface area contributed by atoms with E-state index in [1.165, 1.54) is 0 Å². The number of hydrogen-bond donors (Lipinski definition) is 1. The molecule has 1 aliphatic rings. The van der Waals surface area contributed by atoms with Crippen molar-refractivity contribution in [3.63, 3.8) is 0 Å². The molecule has 1 heterocycles. The van der Waals surface area contributed by atoms with Crippen molar-refractivity contribution in [2.45, 2.75) is 38.4 Å². The highest BCUT2D eigenvalue weighted by Crippen LogP contribution is 2.27. The van der Waals surface area contributed by atoms with Gasteiger partial charge < -0.3 is 10.0 Å². The fourth-order valence-electron chi connectivity index (χ4n) is 1.95. The van der Waals surface area contributed by atoms with E-state index < -0.39 is 30.5 Å². The Labute approximate surface area is 96.4 Å². The predicted molar refractivity (Wildman–Crippen MR) is 52.2 cm³/mol. The number of aliphatic carboxylic acids is 1. The highest BCUT2D eigenvalue weighted by molar-refractivity contribution is 5.84. The zero-order valence-electron chi connectivity index (χ0n) is 9.33. The van der Waals surface area contributed by atoms with Crippen molar-refractivity contribution in [2.24, 2.45) is 5.92 Å². The van der Waals surface area contributed by atoms with Crippen molar-refractivity contribution in [3.05, 3.63) is 0 Å². The quantitative estimate of drug-likeness (QED) is 0.814. The molecule has 1 saturated heterocycles. The summed E-state index contributed by atoms with van der Waals surface area (Å²) < 4.78 is 36.2. The average molecular weight is 253 g/mol. The van der Waals surface area contributed by atoms with Gasteiger partial charge in [0.05, 0.1) is 0 Å². The summed E-state index contributed by atoms with van der Waals surface area (Å²) in [6, 6.07) is -1.13. The Morgan fingerprint density at radius 1 is 1.41 bits per heavy atom. The summed E-state index contributed by atoms with van der Waals surface area (Å²) in [5, 5.41) is 8.90. The molecule has 2 unspecified atom stereocenters. The summed E-state index contributed by atoms with van der Waals surface area (Å²) in [6.07, 6.45) is -5.44. The van der Waals surface area contributed by atoms with E-state index in [0.29, 0.717) is 6.42 Å². The Balaban J connectivity index is 2.73. The zero-order chi connectivity index (χ0) is 13.2. The van der Waals surface area contributed by atoms with Gasteiger partial charge in [0.15, 0.2) is 0 Å². The second-order valence-corrected chi connectivity index (χ2v) is 4.36. The Bertz CT molecular complexity index is 316. The van der Waals surface area contributed by atoms with Crippen molar-refractivity contribution in [3.8, 4) is 0 Å². The number of likely N-dealkylation sites (tertiary alicyclic amines) is 1. The molecule has 0 aromatic carbocycles. The van der Waals surface area contributed by atoms with Gasteiger partial charge in [0, 0.05) is 6.54 Å². The molecule has 4 nitrogen and oxygen atoms in total. The first-order valence-corrected chi connectivity index (χ1v) is 5.29. The van der Waals surface area contributed by atoms with Crippen LogP contribution in [-0.2, 0) is 9.59 Å². The molecule has 1 N–H and O–H groups in total. The third kappa shape index (κ3) is 3.90. The van der Waals surface area contributed by atoms with Gasteiger partial charge in [-0.1, -0.05) is 6.92 Å². The first-order valence-electron chi connectivity index (χ1n) is 5.29. The minimum atomic E-state index is -4.59. The number of amides is 1. The summed E-state index contributed by atoms with van der Waals surface area (Å²) in [7, 11) is 0. The van der Waals surface area contributed by atoms with Crippen molar-refractivity contribution in [2.75, 3.05) is 6.54 Å². The van der Waals surface area contributed by atoms with Crippen molar-refractivity contribution in [1.29, 1.82) is 0 Å². The molecule has 0 aromatic heterocycles. The minimum Gasteiger partial charge on any atom is -0.480 e. The molecule has 1 amide bonds. The van der Waals surface area contributed by atoms with Crippen molar-refractivity contribution in [1.82, 2.24) is 4.90 Å². The van der Waals surface area contributed by atoms with Crippen LogP contribution in [0.4, 0.5) is 13.2 Å². The first kappa shape index (κ1) is 13.8. The Morgan fingerprint density at radius 2 is 2.00 bits per heavy atom. The average Bonchev–Trinajstić information content (AvgIpc) is 2.14. The lowest BCUT2D eigenvalue weighted by Crippen LogP contribution is -2.50. The first-order chi connectivity index (χ1) is 7.70. The second kappa shape index (κ2) is 4.93. The number of carboxylic acid groups (broad SMARTS) is 1. The van der Waals surface area contributed by atoms with Gasteiger partial charge in [-0.05, 0) is 18.8 Å². The summed E-state index contributed by atoms with van der Waals surface area (Å²) in [6.45, 7) is 1.90. The number of carboxylic acids is 1. The lowest BCUT2D eigenvalue weighted by atomic mass is 9.92. The van der Waals surface area contributed by atoms with Crippen LogP contribution in [0.25, 0.3) is 0 Å². The van der Waals surface area contributed by atoms with Gasteiger partial charge >= 0.3 is 12.1 Å². The van der Waals surface area contributed by atoms with Gasteiger partial charge in [0.1, 0.15) is 12.5 Å². The molecule has 17 heavy (non-hydrogen) atoms. The number of halogens is 3. The van der Waals surface area contributed by atoms with Gasteiger partial charge in [-0.15, -0.1) is 0 Å². The predicted octanol–water partition coefficient (Wildman–Crippen LogP) is 1.65. The van der Waals surface area contributed by atoms with Crippen LogP contribution < -0.4 is 0 Å². The van der Waals surface area contributed by atoms with E-state index in [1.54, 1.807) is 0 Å². The maximum Gasteiger partial charge on any atom is 0.397 e. The molecule has 0 aromatic rings. The number of rotatable bonds is 2. The number of alkyl halides is 3. The molecule has 0 radical (unpaired) electrons. The molecular formula is C10H14F3NO3. The van der Waals surface area contributed by atoms with E-state index in [4.69, 9.17) is 5.11 Å². The Hall–Kier alpha value is -1.27. The molecule has 1 rings (SSSR count). The monoisotopic (exact) mass is 253 g/mol. The number of carbonyl (C=O) groups is 2. The fourth-order valence-corrected chi connectivity index (χ4v) is 1.95. The third-order valence-electron chi connectivity index (χ3n) is 2.82. The maximum absolute atomic E-state index is 12.1. The summed E-state index contributed by atoms with van der Waals surface area (Å²) in [5.41, 5.74) is 0. The fraction of sp³-hybridized carbons (Fsp3) is 0.800. The van der Waals surface area contributed by atoms with Gasteiger partial charge in [-0.3, -0.25) is 4.79 Å². The highest BCUT2D eigenvalue weighted by Gasteiger charge is 2.39. The summed E-state index contributed by atoms with van der Waals surface area (Å²) >= 11 is 0. The molecule has 2 atom stereocenters. The number of nitrogens with zero attached hydrogens (tertiary/aromatic N) is 1.